The number of hydrogen-bond acceptors (Lipinski definition) is 5. The number of nitrogens with zero attached hydrogens (tertiary/aromatic N) is 2. The lowest BCUT2D eigenvalue weighted by molar-refractivity contribution is 0.0675. The maximum absolute atomic E-state index is 13.1. The van der Waals surface area contributed by atoms with E-state index in [1.54, 1.807) is 23.5 Å². The molecular weight excluding hydrogens is 376 g/mol. The Morgan fingerprint density at radius 3 is 2.83 bits per heavy atom. The summed E-state index contributed by atoms with van der Waals surface area (Å²) >= 11 is 7.39. The smallest absolute Gasteiger partial charge is 0.273 e. The standard InChI is InChI=1S/C15H17ClFN3O2S.ClH/c1-22-5-4-20(8-10-2-3-11(17)6-12(10)16)15(21)13-9-23-14(7-18)19-13;/h2-3,6,9H,4-5,7-8,18H2,1H3;1H. The summed E-state index contributed by atoms with van der Waals surface area (Å²) in [6, 6.07) is 4.11. The van der Waals surface area contributed by atoms with Crippen molar-refractivity contribution >= 4 is 41.3 Å². The number of ether oxygens (including phenoxy) is 1. The summed E-state index contributed by atoms with van der Waals surface area (Å²) in [4.78, 5) is 18.4. The summed E-state index contributed by atoms with van der Waals surface area (Å²) in [5, 5.41) is 2.65. The van der Waals surface area contributed by atoms with E-state index in [0.29, 0.717) is 36.0 Å². The van der Waals surface area contributed by atoms with Crippen LogP contribution in [0.2, 0.25) is 5.02 Å². The molecule has 1 aromatic carbocycles. The van der Waals surface area contributed by atoms with Crippen LogP contribution in [-0.2, 0) is 17.8 Å². The predicted octanol–water partition coefficient (Wildman–Crippen LogP) is 3.10. The number of amides is 1. The molecule has 2 aromatic rings. The molecule has 0 saturated carbocycles. The molecule has 0 atom stereocenters. The molecule has 0 unspecified atom stereocenters. The molecular formula is C15H18Cl2FN3O2S. The lowest BCUT2D eigenvalue weighted by Gasteiger charge is -2.22. The third kappa shape index (κ3) is 5.39. The predicted molar refractivity (Wildman–Crippen MR) is 95.3 cm³/mol. The maximum Gasteiger partial charge on any atom is 0.273 e. The molecule has 0 aliphatic heterocycles. The number of thiazole rings is 1. The van der Waals surface area contributed by atoms with Gasteiger partial charge in [-0.15, -0.1) is 23.7 Å². The fourth-order valence-electron chi connectivity index (χ4n) is 1.97. The van der Waals surface area contributed by atoms with Crippen LogP contribution in [0.15, 0.2) is 23.6 Å². The Morgan fingerprint density at radius 2 is 2.25 bits per heavy atom. The lowest BCUT2D eigenvalue weighted by atomic mass is 10.2. The van der Waals surface area contributed by atoms with E-state index in [9.17, 15) is 9.18 Å². The zero-order valence-corrected chi connectivity index (χ0v) is 15.4. The van der Waals surface area contributed by atoms with Gasteiger partial charge >= 0.3 is 0 Å². The lowest BCUT2D eigenvalue weighted by Crippen LogP contribution is -2.33. The molecule has 1 aromatic heterocycles. The van der Waals surface area contributed by atoms with Gasteiger partial charge in [0, 0.05) is 37.1 Å². The molecule has 5 nitrogen and oxygen atoms in total. The number of nitrogens with two attached hydrogens (primary N) is 1. The first kappa shape index (κ1) is 20.8. The summed E-state index contributed by atoms with van der Waals surface area (Å²) in [7, 11) is 1.56. The normalized spacial score (nSPS) is 10.3. The van der Waals surface area contributed by atoms with Gasteiger partial charge in [-0.2, -0.15) is 0 Å². The molecule has 9 heteroatoms. The van der Waals surface area contributed by atoms with Crippen molar-refractivity contribution in [3.63, 3.8) is 0 Å². The maximum atomic E-state index is 13.1. The monoisotopic (exact) mass is 393 g/mol. The minimum atomic E-state index is -0.416. The Balaban J connectivity index is 0.00000288. The second kappa shape index (κ2) is 9.90. The number of carbonyl (C=O) groups is 1. The first-order valence-corrected chi connectivity index (χ1v) is 8.17. The highest BCUT2D eigenvalue weighted by molar-refractivity contribution is 7.09. The average Bonchev–Trinajstić information content (AvgIpc) is 3.01. The summed E-state index contributed by atoms with van der Waals surface area (Å²) in [6.07, 6.45) is 0. The van der Waals surface area contributed by atoms with Gasteiger partial charge in [-0.05, 0) is 17.7 Å². The second-order valence-corrected chi connectivity index (χ2v) is 6.14. The van der Waals surface area contributed by atoms with E-state index < -0.39 is 5.82 Å². The van der Waals surface area contributed by atoms with Crippen molar-refractivity contribution in [3.05, 3.63) is 50.7 Å². The first-order valence-electron chi connectivity index (χ1n) is 6.91. The fourth-order valence-corrected chi connectivity index (χ4v) is 2.85. The second-order valence-electron chi connectivity index (χ2n) is 4.79. The van der Waals surface area contributed by atoms with Crippen LogP contribution >= 0.6 is 35.3 Å². The average molecular weight is 394 g/mol. The molecule has 0 radical (unpaired) electrons. The third-order valence-electron chi connectivity index (χ3n) is 3.17. The van der Waals surface area contributed by atoms with E-state index in [1.165, 1.54) is 23.5 Å². The van der Waals surface area contributed by atoms with E-state index in [-0.39, 0.29) is 29.9 Å². The van der Waals surface area contributed by atoms with Crippen molar-refractivity contribution in [1.82, 2.24) is 9.88 Å². The topological polar surface area (TPSA) is 68.5 Å². The van der Waals surface area contributed by atoms with Crippen LogP contribution in [0.5, 0.6) is 0 Å². The fraction of sp³-hybridized carbons (Fsp3) is 0.333. The van der Waals surface area contributed by atoms with Gasteiger partial charge in [0.25, 0.3) is 5.91 Å². The van der Waals surface area contributed by atoms with Gasteiger partial charge in [0.15, 0.2) is 0 Å². The van der Waals surface area contributed by atoms with Gasteiger partial charge in [0.2, 0.25) is 0 Å². The van der Waals surface area contributed by atoms with E-state index in [4.69, 9.17) is 22.1 Å². The number of methoxy groups -OCH3 is 1. The van der Waals surface area contributed by atoms with E-state index in [2.05, 4.69) is 4.98 Å². The zero-order chi connectivity index (χ0) is 16.8. The van der Waals surface area contributed by atoms with Crippen molar-refractivity contribution in [2.24, 2.45) is 5.73 Å². The number of hydrogen-bond donors (Lipinski definition) is 1. The zero-order valence-electron chi connectivity index (χ0n) is 13.0. The minimum absolute atomic E-state index is 0. The molecule has 0 spiro atoms. The highest BCUT2D eigenvalue weighted by atomic mass is 35.5. The van der Waals surface area contributed by atoms with Crippen molar-refractivity contribution < 1.29 is 13.9 Å². The third-order valence-corrected chi connectivity index (χ3v) is 4.40. The summed E-state index contributed by atoms with van der Waals surface area (Å²) in [5.74, 6) is -0.654. The molecule has 0 aliphatic carbocycles. The van der Waals surface area contributed by atoms with Crippen LogP contribution in [0.3, 0.4) is 0 Å². The Kier molecular flexibility index (Phi) is 8.58. The van der Waals surface area contributed by atoms with E-state index >= 15 is 0 Å². The van der Waals surface area contributed by atoms with Gasteiger partial charge in [-0.1, -0.05) is 17.7 Å². The summed E-state index contributed by atoms with van der Waals surface area (Å²) in [6.45, 7) is 1.29. The Morgan fingerprint density at radius 1 is 1.50 bits per heavy atom. The molecule has 132 valence electrons. The van der Waals surface area contributed by atoms with Crippen molar-refractivity contribution in [3.8, 4) is 0 Å². The molecule has 1 amide bonds. The van der Waals surface area contributed by atoms with Crippen molar-refractivity contribution in [1.29, 1.82) is 0 Å². The quantitative estimate of drug-likeness (QED) is 0.784. The molecule has 1 heterocycles. The van der Waals surface area contributed by atoms with Gasteiger partial charge in [-0.3, -0.25) is 4.79 Å². The van der Waals surface area contributed by atoms with E-state index in [1.807, 2.05) is 0 Å². The van der Waals surface area contributed by atoms with Gasteiger partial charge in [-0.25, -0.2) is 9.37 Å². The summed E-state index contributed by atoms with van der Waals surface area (Å²) in [5.41, 5.74) is 6.52. The van der Waals surface area contributed by atoms with Crippen LogP contribution in [0, 0.1) is 5.82 Å². The molecule has 2 N–H and O–H groups in total. The minimum Gasteiger partial charge on any atom is -0.383 e. The SMILES string of the molecule is COCCN(Cc1ccc(F)cc1Cl)C(=O)c1csc(CN)n1.Cl. The van der Waals surface area contributed by atoms with Gasteiger partial charge in [0.05, 0.1) is 6.61 Å². The molecule has 0 aliphatic rings. The van der Waals surface area contributed by atoms with Gasteiger partial charge in [0.1, 0.15) is 16.5 Å². The number of carbonyl (C=O) groups excluding carboxylic acids is 1. The Bertz CT molecular complexity index is 684. The molecule has 0 saturated heterocycles. The number of halogens is 3. The highest BCUT2D eigenvalue weighted by Gasteiger charge is 2.20. The van der Waals surface area contributed by atoms with Crippen molar-refractivity contribution in [2.75, 3.05) is 20.3 Å². The van der Waals surface area contributed by atoms with E-state index in [0.717, 1.165) is 0 Å². The summed E-state index contributed by atoms with van der Waals surface area (Å²) < 4.78 is 18.2. The van der Waals surface area contributed by atoms with Crippen LogP contribution in [-0.4, -0.2) is 36.1 Å². The number of rotatable bonds is 7. The number of benzene rings is 1. The van der Waals surface area contributed by atoms with Gasteiger partial charge < -0.3 is 15.4 Å². The largest absolute Gasteiger partial charge is 0.383 e. The Labute approximate surface area is 155 Å². The number of aromatic nitrogens is 1. The molecule has 24 heavy (non-hydrogen) atoms. The highest BCUT2D eigenvalue weighted by Crippen LogP contribution is 2.20. The Hall–Kier alpha value is -1.25. The molecule has 0 bridgehead atoms. The van der Waals surface area contributed by atoms with Crippen LogP contribution in [0.25, 0.3) is 0 Å². The first-order chi connectivity index (χ1) is 11.0. The van der Waals surface area contributed by atoms with Crippen molar-refractivity contribution in [2.45, 2.75) is 13.1 Å². The van der Waals surface area contributed by atoms with Crippen LogP contribution in [0.4, 0.5) is 4.39 Å². The molecule has 2 rings (SSSR count). The molecule has 0 fully saturated rings. The van der Waals surface area contributed by atoms with Crippen LogP contribution in [0.1, 0.15) is 21.1 Å². The van der Waals surface area contributed by atoms with Crippen LogP contribution < -0.4 is 5.73 Å².